The number of piperazine rings is 1. The van der Waals surface area contributed by atoms with Gasteiger partial charge in [-0.25, -0.2) is 0 Å². The van der Waals surface area contributed by atoms with Crippen LogP contribution in [0.3, 0.4) is 0 Å². The monoisotopic (exact) mass is 393 g/mol. The number of carbonyl (C=O) groups is 1. The predicted octanol–water partition coefficient (Wildman–Crippen LogP) is 3.29. The van der Waals surface area contributed by atoms with E-state index in [1.165, 1.54) is 5.56 Å². The molecule has 6 nitrogen and oxygen atoms in total. The SMILES string of the molecule is CCc1ccc(C(C#N)N2CCN(C(=O)c3c(OC)cccc3OC)CC2)cc1. The molecule has 1 aliphatic rings. The fourth-order valence-corrected chi connectivity index (χ4v) is 3.71. The van der Waals surface area contributed by atoms with E-state index >= 15 is 0 Å². The molecule has 0 aromatic heterocycles. The summed E-state index contributed by atoms with van der Waals surface area (Å²) in [5, 5.41) is 9.74. The van der Waals surface area contributed by atoms with E-state index in [1.54, 1.807) is 37.3 Å². The van der Waals surface area contributed by atoms with E-state index in [2.05, 4.69) is 30.0 Å². The summed E-state index contributed by atoms with van der Waals surface area (Å²) in [5.74, 6) is 0.894. The summed E-state index contributed by atoms with van der Waals surface area (Å²) in [6, 6.07) is 15.7. The van der Waals surface area contributed by atoms with Crippen molar-refractivity contribution >= 4 is 5.91 Å². The smallest absolute Gasteiger partial charge is 0.261 e. The number of nitrogens with zero attached hydrogens (tertiary/aromatic N) is 3. The lowest BCUT2D eigenvalue weighted by molar-refractivity contribution is 0.0600. The molecule has 0 N–H and O–H groups in total. The molecule has 1 saturated heterocycles. The molecule has 29 heavy (non-hydrogen) atoms. The number of methoxy groups -OCH3 is 2. The van der Waals surface area contributed by atoms with Crippen LogP contribution in [0.4, 0.5) is 0 Å². The van der Waals surface area contributed by atoms with E-state index in [-0.39, 0.29) is 11.9 Å². The number of carbonyl (C=O) groups excluding carboxylic acids is 1. The van der Waals surface area contributed by atoms with E-state index in [4.69, 9.17) is 9.47 Å². The third kappa shape index (κ3) is 4.36. The Balaban J connectivity index is 1.71. The first-order valence-corrected chi connectivity index (χ1v) is 9.85. The zero-order valence-corrected chi connectivity index (χ0v) is 17.2. The Labute approximate surface area is 172 Å². The molecule has 3 rings (SSSR count). The summed E-state index contributed by atoms with van der Waals surface area (Å²) in [5.41, 5.74) is 2.69. The van der Waals surface area contributed by atoms with Gasteiger partial charge in [-0.1, -0.05) is 37.3 Å². The summed E-state index contributed by atoms with van der Waals surface area (Å²) in [6.45, 7) is 4.48. The van der Waals surface area contributed by atoms with Gasteiger partial charge in [0.2, 0.25) is 0 Å². The lowest BCUT2D eigenvalue weighted by Gasteiger charge is -2.37. The van der Waals surface area contributed by atoms with Gasteiger partial charge in [0, 0.05) is 26.2 Å². The molecule has 1 fully saturated rings. The van der Waals surface area contributed by atoms with Gasteiger partial charge in [-0.05, 0) is 29.7 Å². The van der Waals surface area contributed by atoms with Crippen LogP contribution in [0.25, 0.3) is 0 Å². The van der Waals surface area contributed by atoms with Gasteiger partial charge >= 0.3 is 0 Å². The number of benzene rings is 2. The van der Waals surface area contributed by atoms with Gasteiger partial charge in [-0.15, -0.1) is 0 Å². The largest absolute Gasteiger partial charge is 0.496 e. The minimum atomic E-state index is -0.307. The molecule has 6 heteroatoms. The number of amides is 1. The Hall–Kier alpha value is -3.04. The van der Waals surface area contributed by atoms with Crippen molar-refractivity contribution in [1.29, 1.82) is 5.26 Å². The van der Waals surface area contributed by atoms with Crippen molar-refractivity contribution in [3.8, 4) is 17.6 Å². The Morgan fingerprint density at radius 2 is 1.62 bits per heavy atom. The normalized spacial score (nSPS) is 15.4. The molecule has 2 aromatic rings. The van der Waals surface area contributed by atoms with Gasteiger partial charge in [0.05, 0.1) is 20.3 Å². The van der Waals surface area contributed by atoms with Crippen molar-refractivity contribution in [3.05, 3.63) is 59.2 Å². The molecule has 0 aliphatic carbocycles. The standard InChI is InChI=1S/C23H27N3O3/c1-4-17-8-10-18(11-9-17)19(16-24)25-12-14-26(15-13-25)23(27)22-20(28-2)6-5-7-21(22)29-3/h5-11,19H,4,12-15H2,1-3H3. The number of nitriles is 1. The first-order chi connectivity index (χ1) is 14.1. The number of aryl methyl sites for hydroxylation is 1. The van der Waals surface area contributed by atoms with Crippen LogP contribution in [0.1, 0.15) is 34.5 Å². The maximum Gasteiger partial charge on any atom is 0.261 e. The van der Waals surface area contributed by atoms with Gasteiger partial charge in [0.1, 0.15) is 23.1 Å². The molecular weight excluding hydrogens is 366 g/mol. The average molecular weight is 393 g/mol. The maximum absolute atomic E-state index is 13.1. The number of hydrogen-bond acceptors (Lipinski definition) is 5. The summed E-state index contributed by atoms with van der Waals surface area (Å²) in [4.78, 5) is 17.1. The van der Waals surface area contributed by atoms with Crippen LogP contribution < -0.4 is 9.47 Å². The third-order valence-corrected chi connectivity index (χ3v) is 5.43. The molecule has 0 saturated carbocycles. The molecule has 0 spiro atoms. The number of rotatable bonds is 6. The molecule has 1 aliphatic heterocycles. The highest BCUT2D eigenvalue weighted by Crippen LogP contribution is 2.30. The highest BCUT2D eigenvalue weighted by molar-refractivity contribution is 5.99. The summed E-state index contributed by atoms with van der Waals surface area (Å²) < 4.78 is 10.7. The minimum absolute atomic E-state index is 0.111. The first-order valence-electron chi connectivity index (χ1n) is 9.85. The summed E-state index contributed by atoms with van der Waals surface area (Å²) in [6.07, 6.45) is 0.977. The van der Waals surface area contributed by atoms with Crippen LogP contribution in [0.5, 0.6) is 11.5 Å². The van der Waals surface area contributed by atoms with Crippen LogP contribution in [0, 0.1) is 11.3 Å². The predicted molar refractivity (Wildman–Crippen MR) is 111 cm³/mol. The molecule has 0 bridgehead atoms. The van der Waals surface area contributed by atoms with Crippen molar-refractivity contribution < 1.29 is 14.3 Å². The van der Waals surface area contributed by atoms with Gasteiger partial charge in [-0.2, -0.15) is 5.26 Å². The van der Waals surface area contributed by atoms with Crippen molar-refractivity contribution in [1.82, 2.24) is 9.80 Å². The summed E-state index contributed by atoms with van der Waals surface area (Å²) >= 11 is 0. The second kappa shape index (κ2) is 9.44. The van der Waals surface area contributed by atoms with Gasteiger partial charge in [0.15, 0.2) is 0 Å². The summed E-state index contributed by atoms with van der Waals surface area (Å²) in [7, 11) is 3.09. The highest BCUT2D eigenvalue weighted by Gasteiger charge is 2.30. The zero-order valence-electron chi connectivity index (χ0n) is 17.2. The van der Waals surface area contributed by atoms with E-state index < -0.39 is 0 Å². The highest BCUT2D eigenvalue weighted by atomic mass is 16.5. The van der Waals surface area contributed by atoms with E-state index in [1.807, 2.05) is 12.1 Å². The Bertz CT molecular complexity index is 859. The van der Waals surface area contributed by atoms with Gasteiger partial charge in [0.25, 0.3) is 5.91 Å². The maximum atomic E-state index is 13.1. The minimum Gasteiger partial charge on any atom is -0.496 e. The van der Waals surface area contributed by atoms with E-state index in [9.17, 15) is 10.1 Å². The lowest BCUT2D eigenvalue weighted by atomic mass is 10.0. The molecule has 1 heterocycles. The zero-order chi connectivity index (χ0) is 20.8. The van der Waals surface area contributed by atoms with Crippen LogP contribution in [-0.4, -0.2) is 56.1 Å². The van der Waals surface area contributed by atoms with E-state index in [0.717, 1.165) is 12.0 Å². The Kier molecular flexibility index (Phi) is 6.73. The van der Waals surface area contributed by atoms with Crippen LogP contribution >= 0.6 is 0 Å². The van der Waals surface area contributed by atoms with Gasteiger partial charge in [-0.3, -0.25) is 9.69 Å². The third-order valence-electron chi connectivity index (χ3n) is 5.43. The van der Waals surface area contributed by atoms with Crippen LogP contribution in [0.15, 0.2) is 42.5 Å². The second-order valence-electron chi connectivity index (χ2n) is 6.99. The second-order valence-corrected chi connectivity index (χ2v) is 6.99. The first kappa shape index (κ1) is 20.7. The van der Waals surface area contributed by atoms with Crippen LogP contribution in [0.2, 0.25) is 0 Å². The van der Waals surface area contributed by atoms with Gasteiger partial charge < -0.3 is 14.4 Å². The molecule has 1 unspecified atom stereocenters. The van der Waals surface area contributed by atoms with Crippen molar-refractivity contribution in [3.63, 3.8) is 0 Å². The molecule has 2 aromatic carbocycles. The molecular formula is C23H27N3O3. The van der Waals surface area contributed by atoms with Crippen LogP contribution in [-0.2, 0) is 6.42 Å². The molecule has 1 amide bonds. The lowest BCUT2D eigenvalue weighted by Crippen LogP contribution is -2.49. The van der Waals surface area contributed by atoms with Crippen molar-refractivity contribution in [2.45, 2.75) is 19.4 Å². The molecule has 0 radical (unpaired) electrons. The fourth-order valence-electron chi connectivity index (χ4n) is 3.71. The fraction of sp³-hybridized carbons (Fsp3) is 0.391. The molecule has 1 atom stereocenters. The number of ether oxygens (including phenoxy) is 2. The molecule has 152 valence electrons. The van der Waals surface area contributed by atoms with E-state index in [0.29, 0.717) is 43.2 Å². The van der Waals surface area contributed by atoms with Crippen molar-refractivity contribution in [2.75, 3.05) is 40.4 Å². The van der Waals surface area contributed by atoms with Crippen molar-refractivity contribution in [2.24, 2.45) is 0 Å². The topological polar surface area (TPSA) is 65.8 Å². The Morgan fingerprint density at radius 1 is 1.03 bits per heavy atom. The number of hydrogen-bond donors (Lipinski definition) is 0. The Morgan fingerprint density at radius 3 is 2.10 bits per heavy atom. The average Bonchev–Trinajstić information content (AvgIpc) is 2.79. The quantitative estimate of drug-likeness (QED) is 0.753.